The van der Waals surface area contributed by atoms with Gasteiger partial charge in [-0.2, -0.15) is 0 Å². The van der Waals surface area contributed by atoms with Crippen LogP contribution >= 0.6 is 0 Å². The van der Waals surface area contributed by atoms with Crippen LogP contribution in [0, 0.1) is 5.92 Å². The van der Waals surface area contributed by atoms with Crippen LogP contribution in [-0.4, -0.2) is 29.7 Å². The Balaban J connectivity index is 1.88. The van der Waals surface area contributed by atoms with E-state index in [-0.39, 0.29) is 5.92 Å². The van der Waals surface area contributed by atoms with Gasteiger partial charge in [-0.3, -0.25) is 9.59 Å². The van der Waals surface area contributed by atoms with E-state index in [0.717, 1.165) is 25.7 Å². The van der Waals surface area contributed by atoms with Crippen molar-refractivity contribution in [2.45, 2.75) is 57.4 Å². The normalized spacial score (nSPS) is 23.7. The Labute approximate surface area is 97.2 Å². The fourth-order valence-electron chi connectivity index (χ4n) is 2.95. The lowest BCUT2D eigenvalue weighted by molar-refractivity contribution is -0.138. The summed E-state index contributed by atoms with van der Waals surface area (Å²) in [5.41, 5.74) is 0. The molecule has 1 amide bonds. The topological polar surface area (TPSA) is 37.4 Å². The van der Waals surface area contributed by atoms with Crippen molar-refractivity contribution in [2.75, 3.05) is 7.05 Å². The van der Waals surface area contributed by atoms with E-state index in [9.17, 15) is 9.59 Å². The Morgan fingerprint density at radius 2 is 1.69 bits per heavy atom. The van der Waals surface area contributed by atoms with E-state index in [4.69, 9.17) is 0 Å². The Morgan fingerprint density at radius 1 is 1.12 bits per heavy atom. The average Bonchev–Trinajstić information content (AvgIpc) is 2.81. The number of rotatable bonds is 2. The predicted octanol–water partition coefficient (Wildman–Crippen LogP) is 2.15. The maximum atomic E-state index is 12.2. The molecule has 0 heterocycles. The highest BCUT2D eigenvalue weighted by Crippen LogP contribution is 2.28. The van der Waals surface area contributed by atoms with Crippen molar-refractivity contribution in [3.05, 3.63) is 0 Å². The SMILES string of the molecule is CN(C(=O)C1CCCC1)C1CCC(=O)CC1. The van der Waals surface area contributed by atoms with Crippen molar-refractivity contribution < 1.29 is 9.59 Å². The van der Waals surface area contributed by atoms with E-state index in [1.165, 1.54) is 12.8 Å². The second-order valence-electron chi connectivity index (χ2n) is 5.20. The average molecular weight is 223 g/mol. The number of ketones is 1. The van der Waals surface area contributed by atoms with Gasteiger partial charge in [0.2, 0.25) is 5.91 Å². The van der Waals surface area contributed by atoms with Crippen LogP contribution in [0.5, 0.6) is 0 Å². The van der Waals surface area contributed by atoms with Crippen molar-refractivity contribution in [1.29, 1.82) is 0 Å². The standard InChI is InChI=1S/C13H21NO2/c1-14(11-6-8-12(15)9-7-11)13(16)10-4-2-3-5-10/h10-11H,2-9H2,1H3. The van der Waals surface area contributed by atoms with Crippen molar-refractivity contribution >= 4 is 11.7 Å². The Bertz CT molecular complexity index is 272. The first kappa shape index (κ1) is 11.6. The molecule has 0 saturated heterocycles. The molecule has 2 aliphatic carbocycles. The van der Waals surface area contributed by atoms with Crippen LogP contribution < -0.4 is 0 Å². The molecule has 0 radical (unpaired) electrons. The minimum absolute atomic E-state index is 0.266. The van der Waals surface area contributed by atoms with E-state index in [0.29, 0.717) is 30.6 Å². The second-order valence-corrected chi connectivity index (χ2v) is 5.20. The summed E-state index contributed by atoms with van der Waals surface area (Å²) in [6, 6.07) is 0.311. The van der Waals surface area contributed by atoms with Crippen LogP contribution in [0.4, 0.5) is 0 Å². The zero-order chi connectivity index (χ0) is 11.5. The van der Waals surface area contributed by atoms with Gasteiger partial charge in [0.05, 0.1) is 0 Å². The number of carbonyl (C=O) groups is 2. The van der Waals surface area contributed by atoms with E-state index in [2.05, 4.69) is 0 Å². The fourth-order valence-corrected chi connectivity index (χ4v) is 2.95. The summed E-state index contributed by atoms with van der Waals surface area (Å²) in [5.74, 6) is 0.942. The molecule has 0 bridgehead atoms. The van der Waals surface area contributed by atoms with E-state index < -0.39 is 0 Å². The lowest BCUT2D eigenvalue weighted by Gasteiger charge is -2.32. The van der Waals surface area contributed by atoms with Crippen molar-refractivity contribution in [2.24, 2.45) is 5.92 Å². The molecule has 3 nitrogen and oxygen atoms in total. The number of hydrogen-bond acceptors (Lipinski definition) is 2. The highest BCUT2D eigenvalue weighted by molar-refractivity contribution is 5.81. The number of carbonyl (C=O) groups excluding carboxylic acids is 2. The fraction of sp³-hybridized carbons (Fsp3) is 0.846. The number of hydrogen-bond donors (Lipinski definition) is 0. The maximum Gasteiger partial charge on any atom is 0.225 e. The van der Waals surface area contributed by atoms with Gasteiger partial charge < -0.3 is 4.90 Å². The number of nitrogens with zero attached hydrogens (tertiary/aromatic N) is 1. The summed E-state index contributed by atoms with van der Waals surface area (Å²) in [7, 11) is 1.92. The monoisotopic (exact) mass is 223 g/mol. The van der Waals surface area contributed by atoms with Crippen LogP contribution in [0.15, 0.2) is 0 Å². The lowest BCUT2D eigenvalue weighted by Crippen LogP contribution is -2.42. The lowest BCUT2D eigenvalue weighted by atomic mass is 9.92. The van der Waals surface area contributed by atoms with E-state index in [1.807, 2.05) is 11.9 Å². The first-order valence-corrected chi connectivity index (χ1v) is 6.47. The molecule has 2 rings (SSSR count). The van der Waals surface area contributed by atoms with Crippen LogP contribution in [0.1, 0.15) is 51.4 Å². The van der Waals surface area contributed by atoms with Crippen LogP contribution in [0.25, 0.3) is 0 Å². The van der Waals surface area contributed by atoms with Crippen molar-refractivity contribution in [3.63, 3.8) is 0 Å². The zero-order valence-corrected chi connectivity index (χ0v) is 10.1. The van der Waals surface area contributed by atoms with Crippen molar-refractivity contribution in [1.82, 2.24) is 4.90 Å². The van der Waals surface area contributed by atoms with Crippen LogP contribution in [-0.2, 0) is 9.59 Å². The molecule has 2 aliphatic rings. The molecule has 2 fully saturated rings. The van der Waals surface area contributed by atoms with Gasteiger partial charge in [0.25, 0.3) is 0 Å². The van der Waals surface area contributed by atoms with Gasteiger partial charge in [0.15, 0.2) is 0 Å². The Kier molecular flexibility index (Phi) is 3.62. The highest BCUT2D eigenvalue weighted by atomic mass is 16.2. The quantitative estimate of drug-likeness (QED) is 0.719. The van der Waals surface area contributed by atoms with Gasteiger partial charge in [-0.05, 0) is 25.7 Å². The molecule has 3 heteroatoms. The molecule has 0 aliphatic heterocycles. The van der Waals surface area contributed by atoms with Crippen molar-refractivity contribution in [3.8, 4) is 0 Å². The molecule has 0 aromatic carbocycles. The molecule has 0 unspecified atom stereocenters. The first-order valence-electron chi connectivity index (χ1n) is 6.47. The summed E-state index contributed by atoms with van der Waals surface area (Å²) in [6.45, 7) is 0. The summed E-state index contributed by atoms with van der Waals surface area (Å²) in [6.07, 6.45) is 7.59. The predicted molar refractivity (Wildman–Crippen MR) is 62.0 cm³/mol. The molecule has 0 N–H and O–H groups in total. The molecule has 0 atom stereocenters. The highest BCUT2D eigenvalue weighted by Gasteiger charge is 2.30. The van der Waals surface area contributed by atoms with E-state index >= 15 is 0 Å². The molecule has 16 heavy (non-hydrogen) atoms. The van der Waals surface area contributed by atoms with Gasteiger partial charge in [0.1, 0.15) is 5.78 Å². The zero-order valence-electron chi connectivity index (χ0n) is 10.1. The molecule has 2 saturated carbocycles. The first-order chi connectivity index (χ1) is 7.68. The summed E-state index contributed by atoms with van der Waals surface area (Å²) in [5, 5.41) is 0. The van der Waals surface area contributed by atoms with Gasteiger partial charge in [-0.15, -0.1) is 0 Å². The molecular formula is C13H21NO2. The molecule has 0 spiro atoms. The molecular weight excluding hydrogens is 202 g/mol. The van der Waals surface area contributed by atoms with Gasteiger partial charge in [-0.1, -0.05) is 12.8 Å². The third kappa shape index (κ3) is 2.45. The summed E-state index contributed by atoms with van der Waals surface area (Å²) >= 11 is 0. The number of Topliss-reactive ketones (excluding diaryl/α,β-unsaturated/α-hetero) is 1. The maximum absolute atomic E-state index is 12.2. The number of amides is 1. The summed E-state index contributed by atoms with van der Waals surface area (Å²) in [4.78, 5) is 25.2. The Morgan fingerprint density at radius 3 is 2.25 bits per heavy atom. The van der Waals surface area contributed by atoms with Gasteiger partial charge in [-0.25, -0.2) is 0 Å². The molecule has 0 aromatic heterocycles. The van der Waals surface area contributed by atoms with Gasteiger partial charge >= 0.3 is 0 Å². The molecule has 0 aromatic rings. The smallest absolute Gasteiger partial charge is 0.225 e. The minimum atomic E-state index is 0.266. The summed E-state index contributed by atoms with van der Waals surface area (Å²) < 4.78 is 0. The second kappa shape index (κ2) is 4.98. The third-order valence-corrected chi connectivity index (χ3v) is 4.11. The minimum Gasteiger partial charge on any atom is -0.343 e. The van der Waals surface area contributed by atoms with Gasteiger partial charge in [0, 0.05) is 31.8 Å². The third-order valence-electron chi connectivity index (χ3n) is 4.11. The Hall–Kier alpha value is -0.860. The van der Waals surface area contributed by atoms with Crippen LogP contribution in [0.3, 0.4) is 0 Å². The molecule has 90 valence electrons. The van der Waals surface area contributed by atoms with Crippen LogP contribution in [0.2, 0.25) is 0 Å². The van der Waals surface area contributed by atoms with E-state index in [1.54, 1.807) is 0 Å². The largest absolute Gasteiger partial charge is 0.343 e.